The van der Waals surface area contributed by atoms with Crippen molar-refractivity contribution >= 4 is 0 Å². The molecule has 1 heterocycles. The summed E-state index contributed by atoms with van der Waals surface area (Å²) in [7, 11) is 0. The van der Waals surface area contributed by atoms with E-state index in [2.05, 4.69) is 27.7 Å². The van der Waals surface area contributed by atoms with Crippen LogP contribution in [-0.2, 0) is 9.47 Å². The highest BCUT2D eigenvalue weighted by Gasteiger charge is 2.31. The Bertz CT molecular complexity index is 303. The van der Waals surface area contributed by atoms with Crippen LogP contribution in [0.5, 0.6) is 0 Å². The molecule has 0 amide bonds. The molecule has 1 saturated heterocycles. The van der Waals surface area contributed by atoms with Crippen LogP contribution < -0.4 is 0 Å². The molecule has 0 unspecified atom stereocenters. The number of allylic oxidation sites excluding steroid dienone is 2. The second kappa shape index (κ2) is 4.52. The zero-order chi connectivity index (χ0) is 11.7. The minimum atomic E-state index is 0.544. The standard InChI is InChI=1S/C14H22O2/c1-9(2)11-8-12(10(3)4)14-13(11)15-6-5-7-16-14/h9-10H,5-8H2,1-4H3. The van der Waals surface area contributed by atoms with Gasteiger partial charge < -0.3 is 9.47 Å². The van der Waals surface area contributed by atoms with Crippen molar-refractivity contribution in [3.8, 4) is 0 Å². The van der Waals surface area contributed by atoms with Crippen molar-refractivity contribution in [2.24, 2.45) is 11.8 Å². The zero-order valence-electron chi connectivity index (χ0n) is 10.8. The maximum absolute atomic E-state index is 5.88. The van der Waals surface area contributed by atoms with E-state index >= 15 is 0 Å². The van der Waals surface area contributed by atoms with Gasteiger partial charge in [0.25, 0.3) is 0 Å². The molecule has 0 N–H and O–H groups in total. The molecular weight excluding hydrogens is 200 g/mol. The van der Waals surface area contributed by atoms with Gasteiger partial charge in [-0.25, -0.2) is 0 Å². The SMILES string of the molecule is CC(C)C1=C2OCCCOC2=C(C(C)C)C1. The van der Waals surface area contributed by atoms with E-state index in [1.165, 1.54) is 11.1 Å². The van der Waals surface area contributed by atoms with E-state index in [1.807, 2.05) is 0 Å². The van der Waals surface area contributed by atoms with Gasteiger partial charge in [0.1, 0.15) is 0 Å². The minimum absolute atomic E-state index is 0.544. The van der Waals surface area contributed by atoms with Gasteiger partial charge in [0.2, 0.25) is 0 Å². The Morgan fingerprint density at radius 1 is 0.812 bits per heavy atom. The van der Waals surface area contributed by atoms with E-state index in [-0.39, 0.29) is 0 Å². The molecule has 2 heteroatoms. The maximum Gasteiger partial charge on any atom is 0.160 e. The number of hydrogen-bond acceptors (Lipinski definition) is 2. The average molecular weight is 222 g/mol. The predicted molar refractivity (Wildman–Crippen MR) is 64.9 cm³/mol. The first kappa shape index (κ1) is 11.6. The highest BCUT2D eigenvalue weighted by Crippen LogP contribution is 2.41. The van der Waals surface area contributed by atoms with Crippen molar-refractivity contribution in [1.29, 1.82) is 0 Å². The van der Waals surface area contributed by atoms with Crippen molar-refractivity contribution in [2.75, 3.05) is 13.2 Å². The molecule has 2 aliphatic rings. The summed E-state index contributed by atoms with van der Waals surface area (Å²) in [5, 5.41) is 0. The molecule has 0 atom stereocenters. The minimum Gasteiger partial charge on any atom is -0.490 e. The van der Waals surface area contributed by atoms with Gasteiger partial charge in [0.05, 0.1) is 13.2 Å². The molecule has 1 aliphatic carbocycles. The van der Waals surface area contributed by atoms with Crippen LogP contribution >= 0.6 is 0 Å². The van der Waals surface area contributed by atoms with Crippen LogP contribution in [0.4, 0.5) is 0 Å². The number of rotatable bonds is 2. The van der Waals surface area contributed by atoms with Crippen LogP contribution in [0.15, 0.2) is 22.7 Å². The smallest absolute Gasteiger partial charge is 0.160 e. The van der Waals surface area contributed by atoms with Crippen molar-refractivity contribution in [1.82, 2.24) is 0 Å². The Morgan fingerprint density at radius 2 is 1.25 bits per heavy atom. The monoisotopic (exact) mass is 222 g/mol. The van der Waals surface area contributed by atoms with Gasteiger partial charge in [-0.3, -0.25) is 0 Å². The normalized spacial score (nSPS) is 21.1. The fraction of sp³-hybridized carbons (Fsp3) is 0.714. The topological polar surface area (TPSA) is 18.5 Å². The van der Waals surface area contributed by atoms with E-state index in [4.69, 9.17) is 9.47 Å². The molecule has 0 spiro atoms. The van der Waals surface area contributed by atoms with Gasteiger partial charge >= 0.3 is 0 Å². The molecule has 0 aromatic heterocycles. The van der Waals surface area contributed by atoms with Gasteiger partial charge in [-0.1, -0.05) is 27.7 Å². The average Bonchev–Trinajstić information content (AvgIpc) is 2.41. The summed E-state index contributed by atoms with van der Waals surface area (Å²) in [6.07, 6.45) is 2.03. The second-order valence-electron chi connectivity index (χ2n) is 5.25. The Hall–Kier alpha value is -0.920. The fourth-order valence-electron chi connectivity index (χ4n) is 2.31. The largest absolute Gasteiger partial charge is 0.490 e. The first-order chi connectivity index (χ1) is 7.61. The van der Waals surface area contributed by atoms with Gasteiger partial charge in [-0.05, 0) is 29.4 Å². The summed E-state index contributed by atoms with van der Waals surface area (Å²) >= 11 is 0. The molecule has 16 heavy (non-hydrogen) atoms. The van der Waals surface area contributed by atoms with Crippen LogP contribution in [0, 0.1) is 11.8 Å². The summed E-state index contributed by atoms with van der Waals surface area (Å²) < 4.78 is 11.8. The van der Waals surface area contributed by atoms with Crippen molar-refractivity contribution in [3.63, 3.8) is 0 Å². The molecule has 1 aliphatic heterocycles. The molecule has 0 radical (unpaired) electrons. The lowest BCUT2D eigenvalue weighted by atomic mass is 9.95. The van der Waals surface area contributed by atoms with Gasteiger partial charge in [0, 0.05) is 6.42 Å². The first-order valence-electron chi connectivity index (χ1n) is 6.33. The summed E-state index contributed by atoms with van der Waals surface area (Å²) in [5.74, 6) is 3.19. The lowest BCUT2D eigenvalue weighted by molar-refractivity contribution is 0.216. The lowest BCUT2D eigenvalue weighted by Crippen LogP contribution is -1.99. The third-order valence-corrected chi connectivity index (χ3v) is 3.35. The van der Waals surface area contributed by atoms with Crippen molar-refractivity contribution in [2.45, 2.75) is 40.5 Å². The van der Waals surface area contributed by atoms with Crippen molar-refractivity contribution < 1.29 is 9.47 Å². The second-order valence-corrected chi connectivity index (χ2v) is 5.25. The number of ether oxygens (including phenoxy) is 2. The maximum atomic E-state index is 5.88. The Morgan fingerprint density at radius 3 is 1.62 bits per heavy atom. The number of fused-ring (bicyclic) bond motifs is 1. The van der Waals surface area contributed by atoms with Crippen LogP contribution in [-0.4, -0.2) is 13.2 Å². The van der Waals surface area contributed by atoms with Crippen LogP contribution in [0.2, 0.25) is 0 Å². The van der Waals surface area contributed by atoms with E-state index in [0.717, 1.165) is 37.6 Å². The Labute approximate surface area is 98.3 Å². The third-order valence-electron chi connectivity index (χ3n) is 3.35. The first-order valence-corrected chi connectivity index (χ1v) is 6.33. The molecule has 0 aromatic rings. The van der Waals surface area contributed by atoms with Crippen LogP contribution in [0.3, 0.4) is 0 Å². The molecule has 1 fully saturated rings. The highest BCUT2D eigenvalue weighted by molar-refractivity contribution is 5.42. The van der Waals surface area contributed by atoms with Gasteiger partial charge in [-0.2, -0.15) is 0 Å². The van der Waals surface area contributed by atoms with E-state index in [1.54, 1.807) is 0 Å². The van der Waals surface area contributed by atoms with Crippen LogP contribution in [0.25, 0.3) is 0 Å². The molecule has 0 saturated carbocycles. The molecule has 0 bridgehead atoms. The van der Waals surface area contributed by atoms with E-state index < -0.39 is 0 Å². The Kier molecular flexibility index (Phi) is 3.27. The highest BCUT2D eigenvalue weighted by atomic mass is 16.5. The predicted octanol–water partition coefficient (Wildman–Crippen LogP) is 3.65. The van der Waals surface area contributed by atoms with E-state index in [0.29, 0.717) is 11.8 Å². The zero-order valence-corrected chi connectivity index (χ0v) is 10.8. The van der Waals surface area contributed by atoms with Crippen LogP contribution in [0.1, 0.15) is 40.5 Å². The summed E-state index contributed by atoms with van der Waals surface area (Å²) in [6, 6.07) is 0. The Balaban J connectivity index is 2.36. The molecule has 90 valence electrons. The van der Waals surface area contributed by atoms with Gasteiger partial charge in [-0.15, -0.1) is 0 Å². The molecule has 2 rings (SSSR count). The lowest BCUT2D eigenvalue weighted by Gasteiger charge is -2.11. The van der Waals surface area contributed by atoms with Gasteiger partial charge in [0.15, 0.2) is 11.5 Å². The van der Waals surface area contributed by atoms with Crippen molar-refractivity contribution in [3.05, 3.63) is 22.7 Å². The summed E-state index contributed by atoms with van der Waals surface area (Å²) in [6.45, 7) is 10.5. The third kappa shape index (κ3) is 1.98. The summed E-state index contributed by atoms with van der Waals surface area (Å²) in [4.78, 5) is 0. The summed E-state index contributed by atoms with van der Waals surface area (Å²) in [5.41, 5.74) is 2.83. The van der Waals surface area contributed by atoms with E-state index in [9.17, 15) is 0 Å². The number of hydrogen-bond donors (Lipinski definition) is 0. The molecule has 0 aromatic carbocycles. The molecular formula is C14H22O2. The molecule has 2 nitrogen and oxygen atoms in total. The fourth-order valence-corrected chi connectivity index (χ4v) is 2.31. The quantitative estimate of drug-likeness (QED) is 0.710.